The minimum absolute atomic E-state index is 0.300. The Bertz CT molecular complexity index is 1320. The van der Waals surface area contributed by atoms with Gasteiger partial charge in [0.15, 0.2) is 0 Å². The van der Waals surface area contributed by atoms with Crippen molar-refractivity contribution in [2.24, 2.45) is 0 Å². The first-order chi connectivity index (χ1) is 13.7. The van der Waals surface area contributed by atoms with Gasteiger partial charge in [0, 0.05) is 33.0 Å². The third kappa shape index (κ3) is 3.01. The van der Waals surface area contributed by atoms with Crippen molar-refractivity contribution in [2.75, 3.05) is 5.32 Å². The predicted molar refractivity (Wildman–Crippen MR) is 114 cm³/mol. The highest BCUT2D eigenvalue weighted by Crippen LogP contribution is 2.30. The summed E-state index contributed by atoms with van der Waals surface area (Å²) in [5.41, 5.74) is 5.22. The third-order valence-electron chi connectivity index (χ3n) is 4.59. The number of nitrogens with one attached hydrogen (secondary N) is 2. The number of H-pyrrole nitrogens is 1. The van der Waals surface area contributed by atoms with Gasteiger partial charge in [0.1, 0.15) is 11.6 Å². The van der Waals surface area contributed by atoms with Crippen molar-refractivity contribution in [1.82, 2.24) is 15.0 Å². The van der Waals surface area contributed by atoms with E-state index >= 15 is 0 Å². The summed E-state index contributed by atoms with van der Waals surface area (Å²) in [6.07, 6.45) is 1.79. The molecule has 28 heavy (non-hydrogen) atoms. The standard InChI is InChI=1S/C22H14BrFN4/c23-17-7-5-13(24)11-16(17)22-27-20-8-6-14(12-21(20)28-22)26-19-9-10-25-18-4-2-1-3-15(18)19/h1-12H,(H,25,26)(H,27,28). The molecule has 5 aromatic rings. The van der Waals surface area contributed by atoms with Crippen LogP contribution in [0.3, 0.4) is 0 Å². The molecule has 0 aliphatic carbocycles. The highest BCUT2D eigenvalue weighted by molar-refractivity contribution is 9.10. The molecule has 0 atom stereocenters. The van der Waals surface area contributed by atoms with Crippen molar-refractivity contribution in [3.8, 4) is 11.4 Å². The number of anilines is 2. The van der Waals surface area contributed by atoms with Crippen molar-refractivity contribution in [3.05, 3.63) is 83.2 Å². The fourth-order valence-corrected chi connectivity index (χ4v) is 3.69. The number of fused-ring (bicyclic) bond motifs is 2. The summed E-state index contributed by atoms with van der Waals surface area (Å²) in [6.45, 7) is 0. The molecule has 0 radical (unpaired) electrons. The van der Waals surface area contributed by atoms with Gasteiger partial charge in [0.05, 0.1) is 16.6 Å². The maximum Gasteiger partial charge on any atom is 0.139 e. The van der Waals surface area contributed by atoms with E-state index in [1.54, 1.807) is 12.3 Å². The second-order valence-electron chi connectivity index (χ2n) is 6.44. The molecule has 0 fully saturated rings. The third-order valence-corrected chi connectivity index (χ3v) is 5.28. The number of hydrogen-bond acceptors (Lipinski definition) is 3. The number of imidazole rings is 1. The highest BCUT2D eigenvalue weighted by atomic mass is 79.9. The smallest absolute Gasteiger partial charge is 0.139 e. The Hall–Kier alpha value is -3.25. The molecule has 3 aromatic carbocycles. The number of benzene rings is 3. The van der Waals surface area contributed by atoms with E-state index in [1.165, 1.54) is 12.1 Å². The van der Waals surface area contributed by atoms with Crippen LogP contribution in [0.4, 0.5) is 15.8 Å². The molecule has 5 rings (SSSR count). The average molecular weight is 433 g/mol. The van der Waals surface area contributed by atoms with Gasteiger partial charge in [0.2, 0.25) is 0 Å². The zero-order valence-corrected chi connectivity index (χ0v) is 16.2. The molecule has 0 saturated heterocycles. The van der Waals surface area contributed by atoms with Gasteiger partial charge in [-0.25, -0.2) is 9.37 Å². The number of para-hydroxylation sites is 1. The van der Waals surface area contributed by atoms with Crippen molar-refractivity contribution >= 4 is 49.2 Å². The maximum atomic E-state index is 13.6. The molecule has 2 aromatic heterocycles. The van der Waals surface area contributed by atoms with Crippen LogP contribution < -0.4 is 5.32 Å². The summed E-state index contributed by atoms with van der Waals surface area (Å²) in [7, 11) is 0. The largest absolute Gasteiger partial charge is 0.355 e. The van der Waals surface area contributed by atoms with Crippen molar-refractivity contribution in [2.45, 2.75) is 0 Å². The van der Waals surface area contributed by atoms with Crippen LogP contribution in [0.25, 0.3) is 33.3 Å². The number of pyridine rings is 1. The topological polar surface area (TPSA) is 53.6 Å². The van der Waals surface area contributed by atoms with Gasteiger partial charge >= 0.3 is 0 Å². The molecule has 0 spiro atoms. The first-order valence-corrected chi connectivity index (χ1v) is 9.53. The lowest BCUT2D eigenvalue weighted by Crippen LogP contribution is -1.92. The SMILES string of the molecule is Fc1ccc(Br)c(-c2nc3ccc(Nc4ccnc5ccccc45)cc3[nH]2)c1. The second kappa shape index (κ2) is 6.73. The van der Waals surface area contributed by atoms with Crippen molar-refractivity contribution in [1.29, 1.82) is 0 Å². The van der Waals surface area contributed by atoms with E-state index in [2.05, 4.69) is 36.2 Å². The number of rotatable bonds is 3. The summed E-state index contributed by atoms with van der Waals surface area (Å²) in [4.78, 5) is 12.3. The predicted octanol–water partition coefficient (Wildman–Crippen LogP) is 6.42. The molecule has 6 heteroatoms. The van der Waals surface area contributed by atoms with E-state index in [4.69, 9.17) is 0 Å². The Morgan fingerprint density at radius 3 is 2.75 bits per heavy atom. The van der Waals surface area contributed by atoms with E-state index in [-0.39, 0.29) is 5.82 Å². The molecule has 0 amide bonds. The van der Waals surface area contributed by atoms with E-state index in [0.29, 0.717) is 11.4 Å². The lowest BCUT2D eigenvalue weighted by Gasteiger charge is -2.09. The van der Waals surface area contributed by atoms with Crippen LogP contribution in [-0.2, 0) is 0 Å². The van der Waals surface area contributed by atoms with Crippen LogP contribution in [0, 0.1) is 5.82 Å². The summed E-state index contributed by atoms with van der Waals surface area (Å²) >= 11 is 3.46. The lowest BCUT2D eigenvalue weighted by atomic mass is 10.2. The van der Waals surface area contributed by atoms with Crippen LogP contribution in [0.1, 0.15) is 0 Å². The fraction of sp³-hybridized carbons (Fsp3) is 0. The van der Waals surface area contributed by atoms with E-state index in [1.807, 2.05) is 48.5 Å². The Morgan fingerprint density at radius 1 is 0.929 bits per heavy atom. The number of aromatic amines is 1. The van der Waals surface area contributed by atoms with Crippen LogP contribution in [0.2, 0.25) is 0 Å². The molecular weight excluding hydrogens is 419 g/mol. The Balaban J connectivity index is 1.54. The van der Waals surface area contributed by atoms with Crippen molar-refractivity contribution in [3.63, 3.8) is 0 Å². The van der Waals surface area contributed by atoms with Crippen LogP contribution >= 0.6 is 15.9 Å². The summed E-state index contributed by atoms with van der Waals surface area (Å²) in [5.74, 6) is 0.318. The minimum Gasteiger partial charge on any atom is -0.355 e. The van der Waals surface area contributed by atoms with Gasteiger partial charge in [-0.05, 0) is 48.5 Å². The van der Waals surface area contributed by atoms with Gasteiger partial charge < -0.3 is 10.3 Å². The van der Waals surface area contributed by atoms with Gasteiger partial charge in [0.25, 0.3) is 0 Å². The maximum absolute atomic E-state index is 13.6. The first kappa shape index (κ1) is 16.9. The quantitative estimate of drug-likeness (QED) is 0.345. The van der Waals surface area contributed by atoms with E-state index in [0.717, 1.165) is 37.8 Å². The lowest BCUT2D eigenvalue weighted by molar-refractivity contribution is 0.628. The summed E-state index contributed by atoms with van der Waals surface area (Å²) in [6, 6.07) is 20.4. The first-order valence-electron chi connectivity index (χ1n) is 8.73. The van der Waals surface area contributed by atoms with Gasteiger partial charge in [-0.1, -0.05) is 34.1 Å². The number of hydrogen-bond donors (Lipinski definition) is 2. The van der Waals surface area contributed by atoms with E-state index in [9.17, 15) is 4.39 Å². The minimum atomic E-state index is -0.300. The number of nitrogens with zero attached hydrogens (tertiary/aromatic N) is 2. The van der Waals surface area contributed by atoms with Crippen molar-refractivity contribution < 1.29 is 4.39 Å². The van der Waals surface area contributed by atoms with Gasteiger partial charge in [-0.15, -0.1) is 0 Å². The summed E-state index contributed by atoms with van der Waals surface area (Å²) in [5, 5.41) is 4.51. The van der Waals surface area contributed by atoms with Crippen LogP contribution in [0.15, 0.2) is 77.4 Å². The molecule has 136 valence electrons. The molecule has 0 bridgehead atoms. The molecule has 0 saturated carbocycles. The zero-order chi connectivity index (χ0) is 19.1. The molecule has 0 aliphatic rings. The second-order valence-corrected chi connectivity index (χ2v) is 7.30. The Morgan fingerprint density at radius 2 is 1.82 bits per heavy atom. The monoisotopic (exact) mass is 432 g/mol. The number of aromatic nitrogens is 3. The molecule has 2 heterocycles. The average Bonchev–Trinajstić information content (AvgIpc) is 3.13. The number of halogens is 2. The normalized spacial score (nSPS) is 11.2. The van der Waals surface area contributed by atoms with Crippen LogP contribution in [-0.4, -0.2) is 15.0 Å². The molecular formula is C22H14BrFN4. The zero-order valence-electron chi connectivity index (χ0n) is 14.6. The summed E-state index contributed by atoms with van der Waals surface area (Å²) < 4.78 is 14.4. The molecule has 0 unspecified atom stereocenters. The van der Waals surface area contributed by atoms with E-state index < -0.39 is 0 Å². The Labute approximate surface area is 168 Å². The molecule has 4 nitrogen and oxygen atoms in total. The van der Waals surface area contributed by atoms with Gasteiger partial charge in [-0.3, -0.25) is 4.98 Å². The van der Waals surface area contributed by atoms with Crippen LogP contribution in [0.5, 0.6) is 0 Å². The van der Waals surface area contributed by atoms with Gasteiger partial charge in [-0.2, -0.15) is 0 Å². The Kier molecular flexibility index (Phi) is 4.06. The fourth-order valence-electron chi connectivity index (χ4n) is 3.25. The molecule has 0 aliphatic heterocycles. The molecule has 2 N–H and O–H groups in total. The highest BCUT2D eigenvalue weighted by Gasteiger charge is 2.11.